The Balaban J connectivity index is 1.62. The highest BCUT2D eigenvalue weighted by atomic mass is 16.6. The lowest BCUT2D eigenvalue weighted by Gasteiger charge is -2.19. The monoisotopic (exact) mass is 394 g/mol. The van der Waals surface area contributed by atoms with Crippen molar-refractivity contribution in [3.8, 4) is 11.5 Å². The quantitative estimate of drug-likeness (QED) is 0.344. The molecule has 0 radical (unpaired) electrons. The molecule has 0 aromatic heterocycles. The summed E-state index contributed by atoms with van der Waals surface area (Å²) >= 11 is 0. The number of amides is 1. The van der Waals surface area contributed by atoms with Crippen LogP contribution in [0.4, 0.5) is 0 Å². The number of aryl methyl sites for hydroxylation is 1. The van der Waals surface area contributed by atoms with Crippen molar-refractivity contribution in [2.45, 2.75) is 39.0 Å². The third kappa shape index (κ3) is 5.67. The van der Waals surface area contributed by atoms with Gasteiger partial charge in [0.15, 0.2) is 11.5 Å². The SMILES string of the molecule is COc1cc(/C=N/NC(=O)C2CCCCC2)ccc1OC(=O)c1ccc(C)cc1. The predicted octanol–water partition coefficient (Wildman–Crippen LogP) is 4.25. The molecule has 0 saturated heterocycles. The maximum absolute atomic E-state index is 12.3. The fourth-order valence-corrected chi connectivity index (χ4v) is 3.32. The molecule has 0 atom stereocenters. The highest BCUT2D eigenvalue weighted by molar-refractivity contribution is 5.91. The van der Waals surface area contributed by atoms with E-state index in [2.05, 4.69) is 10.5 Å². The first-order valence-electron chi connectivity index (χ1n) is 9.86. The van der Waals surface area contributed by atoms with Gasteiger partial charge in [0, 0.05) is 5.92 Å². The molecular formula is C23H26N2O4. The van der Waals surface area contributed by atoms with Crippen molar-refractivity contribution < 1.29 is 19.1 Å². The summed E-state index contributed by atoms with van der Waals surface area (Å²) in [5.41, 5.74) is 4.87. The van der Waals surface area contributed by atoms with Gasteiger partial charge in [0.2, 0.25) is 5.91 Å². The van der Waals surface area contributed by atoms with E-state index in [-0.39, 0.29) is 11.8 Å². The van der Waals surface area contributed by atoms with Gasteiger partial charge in [-0.1, -0.05) is 37.0 Å². The van der Waals surface area contributed by atoms with Crippen LogP contribution in [0.1, 0.15) is 53.6 Å². The lowest BCUT2D eigenvalue weighted by Crippen LogP contribution is -2.28. The van der Waals surface area contributed by atoms with Gasteiger partial charge < -0.3 is 9.47 Å². The van der Waals surface area contributed by atoms with E-state index in [0.717, 1.165) is 36.8 Å². The van der Waals surface area contributed by atoms with Crippen molar-refractivity contribution in [2.75, 3.05) is 7.11 Å². The van der Waals surface area contributed by atoms with Crippen molar-refractivity contribution in [1.82, 2.24) is 5.43 Å². The zero-order valence-electron chi connectivity index (χ0n) is 16.8. The number of ether oxygens (including phenoxy) is 2. The van der Waals surface area contributed by atoms with Crippen molar-refractivity contribution in [1.29, 1.82) is 0 Å². The molecule has 0 unspecified atom stereocenters. The molecule has 1 saturated carbocycles. The maximum atomic E-state index is 12.3. The summed E-state index contributed by atoms with van der Waals surface area (Å²) in [5.74, 6) is 0.300. The normalized spacial score (nSPS) is 14.6. The van der Waals surface area contributed by atoms with E-state index in [1.54, 1.807) is 36.5 Å². The number of rotatable bonds is 6. The summed E-state index contributed by atoms with van der Waals surface area (Å²) < 4.78 is 10.8. The molecule has 1 N–H and O–H groups in total. The minimum absolute atomic E-state index is 0.0310. The molecule has 6 nitrogen and oxygen atoms in total. The van der Waals surface area contributed by atoms with Gasteiger partial charge in [-0.25, -0.2) is 10.2 Å². The third-order valence-corrected chi connectivity index (χ3v) is 5.04. The Bertz CT molecular complexity index is 884. The Kier molecular flexibility index (Phi) is 7.00. The topological polar surface area (TPSA) is 77.0 Å². The van der Waals surface area contributed by atoms with Crippen molar-refractivity contribution in [3.63, 3.8) is 0 Å². The number of carbonyl (C=O) groups is 2. The average Bonchev–Trinajstić information content (AvgIpc) is 2.75. The molecule has 0 bridgehead atoms. The number of hydrazone groups is 1. The van der Waals surface area contributed by atoms with E-state index in [1.807, 2.05) is 19.1 Å². The summed E-state index contributed by atoms with van der Waals surface area (Å²) in [6, 6.07) is 12.3. The van der Waals surface area contributed by atoms with Crippen LogP contribution in [-0.2, 0) is 4.79 Å². The van der Waals surface area contributed by atoms with E-state index in [9.17, 15) is 9.59 Å². The van der Waals surface area contributed by atoms with Gasteiger partial charge in [0.1, 0.15) is 0 Å². The smallest absolute Gasteiger partial charge is 0.343 e. The zero-order valence-corrected chi connectivity index (χ0v) is 16.8. The minimum atomic E-state index is -0.454. The van der Waals surface area contributed by atoms with Crippen LogP contribution in [0.2, 0.25) is 0 Å². The zero-order chi connectivity index (χ0) is 20.6. The Morgan fingerprint density at radius 2 is 1.76 bits per heavy atom. The maximum Gasteiger partial charge on any atom is 0.343 e. The molecule has 3 rings (SSSR count). The second-order valence-electron chi connectivity index (χ2n) is 7.24. The lowest BCUT2D eigenvalue weighted by molar-refractivity contribution is -0.125. The van der Waals surface area contributed by atoms with E-state index in [0.29, 0.717) is 17.1 Å². The lowest BCUT2D eigenvalue weighted by atomic mass is 9.89. The number of hydrogen-bond acceptors (Lipinski definition) is 5. The van der Waals surface area contributed by atoms with Crippen molar-refractivity contribution in [3.05, 3.63) is 59.2 Å². The first kappa shape index (κ1) is 20.6. The van der Waals surface area contributed by atoms with Gasteiger partial charge in [0.25, 0.3) is 0 Å². The highest BCUT2D eigenvalue weighted by Crippen LogP contribution is 2.28. The second kappa shape index (κ2) is 9.87. The van der Waals surface area contributed by atoms with Gasteiger partial charge in [-0.3, -0.25) is 4.79 Å². The Morgan fingerprint density at radius 3 is 2.45 bits per heavy atom. The van der Waals surface area contributed by atoms with Crippen LogP contribution in [0.15, 0.2) is 47.6 Å². The molecule has 6 heteroatoms. The minimum Gasteiger partial charge on any atom is -0.493 e. The molecule has 2 aromatic rings. The number of benzene rings is 2. The van der Waals surface area contributed by atoms with Gasteiger partial charge >= 0.3 is 5.97 Å². The Hall–Kier alpha value is -3.15. The van der Waals surface area contributed by atoms with E-state index < -0.39 is 5.97 Å². The molecule has 0 aliphatic heterocycles. The van der Waals surface area contributed by atoms with Crippen LogP contribution in [0.25, 0.3) is 0 Å². The molecule has 0 heterocycles. The molecule has 1 amide bonds. The van der Waals surface area contributed by atoms with Gasteiger partial charge in [-0.2, -0.15) is 5.10 Å². The van der Waals surface area contributed by atoms with Crippen LogP contribution < -0.4 is 14.9 Å². The van der Waals surface area contributed by atoms with E-state index in [1.165, 1.54) is 13.5 Å². The molecule has 0 spiro atoms. The third-order valence-electron chi connectivity index (χ3n) is 5.04. The summed E-state index contributed by atoms with van der Waals surface area (Å²) in [6.07, 6.45) is 6.80. The first-order valence-corrected chi connectivity index (χ1v) is 9.86. The Labute approximate surface area is 170 Å². The first-order chi connectivity index (χ1) is 14.1. The number of hydrogen-bond donors (Lipinski definition) is 1. The summed E-state index contributed by atoms with van der Waals surface area (Å²) in [7, 11) is 1.50. The number of nitrogens with one attached hydrogen (secondary N) is 1. The molecule has 29 heavy (non-hydrogen) atoms. The average molecular weight is 394 g/mol. The second-order valence-corrected chi connectivity index (χ2v) is 7.24. The fourth-order valence-electron chi connectivity index (χ4n) is 3.32. The molecule has 152 valence electrons. The highest BCUT2D eigenvalue weighted by Gasteiger charge is 2.20. The Morgan fingerprint density at radius 1 is 1.03 bits per heavy atom. The number of esters is 1. The predicted molar refractivity (Wildman–Crippen MR) is 111 cm³/mol. The molecule has 1 aliphatic rings. The molecule has 2 aromatic carbocycles. The standard InChI is InChI=1S/C23H26N2O4/c1-16-8-11-19(12-9-16)23(27)29-20-13-10-17(14-21(20)28-2)15-24-25-22(26)18-6-4-3-5-7-18/h8-15,18H,3-7H2,1-2H3,(H,25,26)/b24-15+. The number of nitrogens with zero attached hydrogens (tertiary/aromatic N) is 1. The van der Waals surface area contributed by atoms with Crippen molar-refractivity contribution >= 4 is 18.1 Å². The van der Waals surface area contributed by atoms with Gasteiger partial charge in [-0.15, -0.1) is 0 Å². The van der Waals surface area contributed by atoms with E-state index >= 15 is 0 Å². The number of methoxy groups -OCH3 is 1. The summed E-state index contributed by atoms with van der Waals surface area (Å²) in [6.45, 7) is 1.95. The van der Waals surface area contributed by atoms with Gasteiger partial charge in [-0.05, 0) is 55.7 Å². The fraction of sp³-hybridized carbons (Fsp3) is 0.348. The molecule has 1 fully saturated rings. The van der Waals surface area contributed by atoms with Crippen LogP contribution >= 0.6 is 0 Å². The molecule has 1 aliphatic carbocycles. The summed E-state index contributed by atoms with van der Waals surface area (Å²) in [4.78, 5) is 24.5. The van der Waals surface area contributed by atoms with Crippen molar-refractivity contribution in [2.24, 2.45) is 11.0 Å². The largest absolute Gasteiger partial charge is 0.493 e. The van der Waals surface area contributed by atoms with Gasteiger partial charge in [0.05, 0.1) is 18.9 Å². The van der Waals surface area contributed by atoms with Crippen LogP contribution in [0.5, 0.6) is 11.5 Å². The number of carbonyl (C=O) groups excluding carboxylic acids is 2. The molecular weight excluding hydrogens is 368 g/mol. The van der Waals surface area contributed by atoms with Crippen LogP contribution in [0, 0.1) is 12.8 Å². The van der Waals surface area contributed by atoms with E-state index in [4.69, 9.17) is 9.47 Å². The van der Waals surface area contributed by atoms with Crippen LogP contribution in [-0.4, -0.2) is 25.2 Å². The summed E-state index contributed by atoms with van der Waals surface area (Å²) in [5, 5.41) is 4.05. The van der Waals surface area contributed by atoms with Crippen LogP contribution in [0.3, 0.4) is 0 Å².